The molecule has 0 spiro atoms. The van der Waals surface area contributed by atoms with Crippen molar-refractivity contribution in [3.05, 3.63) is 95.2 Å². The highest BCUT2D eigenvalue weighted by atomic mass is 79.9. The van der Waals surface area contributed by atoms with E-state index >= 15 is 0 Å². The zero-order valence-electron chi connectivity index (χ0n) is 18.5. The quantitative estimate of drug-likeness (QED) is 0.269. The van der Waals surface area contributed by atoms with Crippen LogP contribution in [-0.2, 0) is 11.4 Å². The molecule has 3 aromatic carbocycles. The Balaban J connectivity index is 1.52. The molecule has 0 saturated carbocycles. The number of carbonyl (C=O) groups excluding carboxylic acids is 1. The Morgan fingerprint density at radius 1 is 1.08 bits per heavy atom. The highest BCUT2D eigenvalue weighted by Gasteiger charge is 2.30. The van der Waals surface area contributed by atoms with Crippen molar-refractivity contribution in [2.75, 3.05) is 7.05 Å². The summed E-state index contributed by atoms with van der Waals surface area (Å²) in [4.78, 5) is 30.3. The topological polar surface area (TPSA) is 79.2 Å². The number of ether oxygens (including phenoxy) is 1. The molecule has 3 aromatic rings. The number of halogens is 4. The number of amides is 1. The number of carboxylic acid groups (broad SMARTS) is 1. The number of likely N-dealkylation sites (N-methyl/N-ethyl adjacent to an activating group) is 1. The SMILES string of the molecule is CN1C(=O)/C(=C/c2cc(Br)c(OCc3ccc(Cl)c(Cl)c3)c(Br)c2)SC1=Nc1ccc(C(=O)O)cc1. The third-order valence-corrected chi connectivity index (χ3v) is 8.01. The van der Waals surface area contributed by atoms with Gasteiger partial charge in [-0.1, -0.05) is 29.3 Å². The molecule has 1 fully saturated rings. The smallest absolute Gasteiger partial charge is 0.335 e. The van der Waals surface area contributed by atoms with E-state index < -0.39 is 5.97 Å². The van der Waals surface area contributed by atoms with Crippen LogP contribution in [0.2, 0.25) is 10.0 Å². The first-order chi connectivity index (χ1) is 17.1. The average molecular weight is 671 g/mol. The zero-order chi connectivity index (χ0) is 26.0. The Hall–Kier alpha value is -2.30. The van der Waals surface area contributed by atoms with Gasteiger partial charge in [-0.15, -0.1) is 0 Å². The first kappa shape index (κ1) is 26.8. The maximum Gasteiger partial charge on any atom is 0.335 e. The maximum absolute atomic E-state index is 12.8. The van der Waals surface area contributed by atoms with Crippen molar-refractivity contribution in [3.8, 4) is 5.75 Å². The number of thioether (sulfide) groups is 1. The van der Waals surface area contributed by atoms with Crippen LogP contribution < -0.4 is 4.74 Å². The maximum atomic E-state index is 12.8. The zero-order valence-corrected chi connectivity index (χ0v) is 24.0. The first-order valence-corrected chi connectivity index (χ1v) is 13.4. The van der Waals surface area contributed by atoms with Crippen molar-refractivity contribution in [1.82, 2.24) is 4.90 Å². The largest absolute Gasteiger partial charge is 0.487 e. The van der Waals surface area contributed by atoms with Crippen LogP contribution in [0.1, 0.15) is 21.5 Å². The molecule has 184 valence electrons. The molecular weight excluding hydrogens is 655 g/mol. The van der Waals surface area contributed by atoms with Gasteiger partial charge in [0.25, 0.3) is 5.91 Å². The van der Waals surface area contributed by atoms with Crippen molar-refractivity contribution >= 4 is 95.6 Å². The normalized spacial score (nSPS) is 15.7. The van der Waals surface area contributed by atoms with Crippen LogP contribution in [0, 0.1) is 0 Å². The number of carboxylic acids is 1. The number of rotatable bonds is 6. The Bertz CT molecular complexity index is 1410. The molecule has 1 aliphatic heterocycles. The fraction of sp³-hybridized carbons (Fsp3) is 0.0800. The summed E-state index contributed by atoms with van der Waals surface area (Å²) < 4.78 is 7.38. The summed E-state index contributed by atoms with van der Waals surface area (Å²) in [5.74, 6) is -0.587. The van der Waals surface area contributed by atoms with E-state index in [1.165, 1.54) is 28.8 Å². The van der Waals surface area contributed by atoms with Crippen LogP contribution >= 0.6 is 66.8 Å². The molecular formula is C25H16Br2Cl2N2O4S. The van der Waals surface area contributed by atoms with Crippen LogP contribution in [-0.4, -0.2) is 34.1 Å². The monoisotopic (exact) mass is 668 g/mol. The second-order valence-electron chi connectivity index (χ2n) is 7.57. The summed E-state index contributed by atoms with van der Waals surface area (Å²) in [7, 11) is 1.65. The van der Waals surface area contributed by atoms with Gasteiger partial charge in [-0.05, 0) is 109 Å². The second kappa shape index (κ2) is 11.4. The number of aliphatic imine (C=N–C) groups is 1. The van der Waals surface area contributed by atoms with Gasteiger partial charge in [-0.25, -0.2) is 9.79 Å². The van der Waals surface area contributed by atoms with Gasteiger partial charge in [0.05, 0.1) is 35.1 Å². The van der Waals surface area contributed by atoms with E-state index in [1.54, 1.807) is 37.4 Å². The molecule has 1 N–H and O–H groups in total. The lowest BCUT2D eigenvalue weighted by atomic mass is 10.2. The van der Waals surface area contributed by atoms with Gasteiger partial charge in [-0.3, -0.25) is 9.69 Å². The molecule has 11 heteroatoms. The molecule has 0 unspecified atom stereocenters. The number of benzene rings is 3. The first-order valence-electron chi connectivity index (χ1n) is 10.3. The molecule has 1 amide bonds. The van der Waals surface area contributed by atoms with Crippen molar-refractivity contribution in [1.29, 1.82) is 0 Å². The van der Waals surface area contributed by atoms with E-state index in [0.717, 1.165) is 11.1 Å². The van der Waals surface area contributed by atoms with Gasteiger partial charge in [-0.2, -0.15) is 0 Å². The molecule has 1 saturated heterocycles. The summed E-state index contributed by atoms with van der Waals surface area (Å²) >= 11 is 20.4. The van der Waals surface area contributed by atoms with Crippen molar-refractivity contribution < 1.29 is 19.4 Å². The van der Waals surface area contributed by atoms with Crippen molar-refractivity contribution in [2.24, 2.45) is 4.99 Å². The van der Waals surface area contributed by atoms with E-state index in [0.29, 0.717) is 47.1 Å². The van der Waals surface area contributed by atoms with E-state index in [2.05, 4.69) is 36.9 Å². The van der Waals surface area contributed by atoms with Gasteiger partial charge >= 0.3 is 5.97 Å². The number of aromatic carboxylic acids is 1. The van der Waals surface area contributed by atoms with E-state index in [-0.39, 0.29) is 11.5 Å². The summed E-state index contributed by atoms with van der Waals surface area (Å²) in [6.07, 6.45) is 1.78. The lowest BCUT2D eigenvalue weighted by Gasteiger charge is -2.12. The third-order valence-electron chi connectivity index (χ3n) is 5.03. The van der Waals surface area contributed by atoms with Gasteiger partial charge in [0.1, 0.15) is 12.4 Å². The number of hydrogen-bond donors (Lipinski definition) is 1. The number of hydrogen-bond acceptors (Lipinski definition) is 5. The molecule has 0 aliphatic carbocycles. The molecule has 6 nitrogen and oxygen atoms in total. The standard InChI is InChI=1S/C25H16Br2Cl2N2O4S/c1-31-23(32)21(36-25(31)30-16-5-3-15(4-6-16)24(33)34)11-14-8-17(26)22(18(27)9-14)35-12-13-2-7-19(28)20(29)10-13/h2-11H,12H2,1H3,(H,33,34)/b21-11-,30-25?. The van der Waals surface area contributed by atoms with Crippen molar-refractivity contribution in [2.45, 2.75) is 6.61 Å². The lowest BCUT2D eigenvalue weighted by Crippen LogP contribution is -2.23. The summed E-state index contributed by atoms with van der Waals surface area (Å²) in [6.45, 7) is 0.293. The molecule has 1 aliphatic rings. The fourth-order valence-corrected chi connectivity index (χ4v) is 5.94. The molecule has 1 heterocycles. The molecule has 0 aromatic heterocycles. The van der Waals surface area contributed by atoms with Gasteiger partial charge in [0.15, 0.2) is 5.17 Å². The van der Waals surface area contributed by atoms with Gasteiger partial charge in [0.2, 0.25) is 0 Å². The molecule has 36 heavy (non-hydrogen) atoms. The lowest BCUT2D eigenvalue weighted by molar-refractivity contribution is -0.121. The van der Waals surface area contributed by atoms with Crippen LogP contribution in [0.25, 0.3) is 6.08 Å². The highest BCUT2D eigenvalue weighted by Crippen LogP contribution is 2.38. The number of nitrogens with zero attached hydrogens (tertiary/aromatic N) is 2. The second-order valence-corrected chi connectivity index (χ2v) is 11.1. The molecule has 4 rings (SSSR count). The van der Waals surface area contributed by atoms with Crippen LogP contribution in [0.3, 0.4) is 0 Å². The highest BCUT2D eigenvalue weighted by molar-refractivity contribution is 9.11. The predicted molar refractivity (Wildman–Crippen MR) is 151 cm³/mol. The minimum atomic E-state index is -1.01. The van der Waals surface area contributed by atoms with E-state index in [4.69, 9.17) is 33.0 Å². The Kier molecular flexibility index (Phi) is 8.47. The molecule has 0 atom stereocenters. The van der Waals surface area contributed by atoms with Gasteiger partial charge in [0, 0.05) is 7.05 Å². The van der Waals surface area contributed by atoms with Crippen molar-refractivity contribution in [3.63, 3.8) is 0 Å². The van der Waals surface area contributed by atoms with Gasteiger partial charge < -0.3 is 9.84 Å². The van der Waals surface area contributed by atoms with E-state index in [9.17, 15) is 9.59 Å². The Morgan fingerprint density at radius 2 is 1.75 bits per heavy atom. The minimum Gasteiger partial charge on any atom is -0.487 e. The molecule has 0 bridgehead atoms. The van der Waals surface area contributed by atoms with Crippen LogP contribution in [0.15, 0.2) is 73.4 Å². The van der Waals surface area contributed by atoms with Crippen LogP contribution in [0.5, 0.6) is 5.75 Å². The minimum absolute atomic E-state index is 0.170. The predicted octanol–water partition coefficient (Wildman–Crippen LogP) is 8.03. The number of amidine groups is 1. The fourth-order valence-electron chi connectivity index (χ4n) is 3.18. The molecule has 0 radical (unpaired) electrons. The summed E-state index contributed by atoms with van der Waals surface area (Å²) in [5, 5.41) is 10.5. The Morgan fingerprint density at radius 3 is 2.36 bits per heavy atom. The average Bonchev–Trinajstić information content (AvgIpc) is 3.08. The number of carbonyl (C=O) groups is 2. The third kappa shape index (κ3) is 6.15. The summed E-state index contributed by atoms with van der Waals surface area (Å²) in [5.41, 5.74) is 2.38. The van der Waals surface area contributed by atoms with E-state index in [1.807, 2.05) is 18.2 Å². The summed E-state index contributed by atoms with van der Waals surface area (Å²) in [6, 6.07) is 15.2. The van der Waals surface area contributed by atoms with Crippen LogP contribution in [0.4, 0.5) is 5.69 Å². The Labute approximate surface area is 238 Å².